The van der Waals surface area contributed by atoms with E-state index < -0.39 is 0 Å². The highest BCUT2D eigenvalue weighted by atomic mass is 32.1. The highest BCUT2D eigenvalue weighted by Gasteiger charge is 2.12. The zero-order valence-electron chi connectivity index (χ0n) is 7.95. The number of aliphatic hydroxyl groups is 1. The Kier molecular flexibility index (Phi) is 5.37. The second kappa shape index (κ2) is 5.45. The molecule has 0 spiro atoms. The summed E-state index contributed by atoms with van der Waals surface area (Å²) < 4.78 is 0. The van der Waals surface area contributed by atoms with E-state index in [-0.39, 0.29) is 18.6 Å². The van der Waals surface area contributed by atoms with Crippen LogP contribution in [0, 0.1) is 5.92 Å². The van der Waals surface area contributed by atoms with Gasteiger partial charge in [-0.3, -0.25) is 0 Å². The van der Waals surface area contributed by atoms with Gasteiger partial charge in [0.1, 0.15) is 0 Å². The molecule has 0 aromatic rings. The van der Waals surface area contributed by atoms with Gasteiger partial charge in [0.25, 0.3) is 0 Å². The molecule has 4 heteroatoms. The Bertz CT molecular complexity index is 152. The summed E-state index contributed by atoms with van der Waals surface area (Å²) in [7, 11) is 1.95. The smallest absolute Gasteiger partial charge is 0.0768 e. The second-order valence-electron chi connectivity index (χ2n) is 3.27. The van der Waals surface area contributed by atoms with E-state index >= 15 is 0 Å². The van der Waals surface area contributed by atoms with Gasteiger partial charge >= 0.3 is 0 Å². The maximum Gasteiger partial charge on any atom is 0.0768 e. The molecule has 0 saturated heterocycles. The molecular formula is C8H18N2OS. The number of thiocarbonyl (C=S) groups is 1. The number of nitrogens with two attached hydrogens (primary N) is 1. The monoisotopic (exact) mass is 190 g/mol. The minimum Gasteiger partial charge on any atom is -0.395 e. The van der Waals surface area contributed by atoms with Crippen LogP contribution in [0.25, 0.3) is 0 Å². The van der Waals surface area contributed by atoms with Gasteiger partial charge in [0.05, 0.1) is 11.6 Å². The van der Waals surface area contributed by atoms with E-state index in [1.54, 1.807) is 0 Å². The van der Waals surface area contributed by atoms with E-state index in [4.69, 9.17) is 23.1 Å². The number of rotatable bonds is 5. The van der Waals surface area contributed by atoms with E-state index in [9.17, 15) is 0 Å². The summed E-state index contributed by atoms with van der Waals surface area (Å²) in [6, 6.07) is 0.168. The van der Waals surface area contributed by atoms with Crippen LogP contribution in [0.1, 0.15) is 13.8 Å². The van der Waals surface area contributed by atoms with Gasteiger partial charge < -0.3 is 15.7 Å². The standard InChI is InChI=1S/C8H18N2OS/c1-6(8(9)12)4-10(3)7(2)5-11/h6-7,11H,4-5H2,1-3H3,(H2,9,12). The Hall–Kier alpha value is -0.190. The maximum atomic E-state index is 8.85. The normalized spacial score (nSPS) is 16.1. The molecule has 0 aliphatic rings. The van der Waals surface area contributed by atoms with Gasteiger partial charge in [0, 0.05) is 18.5 Å². The van der Waals surface area contributed by atoms with E-state index in [1.165, 1.54) is 0 Å². The fourth-order valence-electron chi connectivity index (χ4n) is 0.841. The average molecular weight is 190 g/mol. The molecule has 0 amide bonds. The van der Waals surface area contributed by atoms with E-state index in [0.717, 1.165) is 6.54 Å². The van der Waals surface area contributed by atoms with Crippen molar-refractivity contribution in [1.82, 2.24) is 4.90 Å². The molecule has 0 radical (unpaired) electrons. The minimum absolute atomic E-state index is 0.167. The van der Waals surface area contributed by atoms with Crippen LogP contribution in [0.5, 0.6) is 0 Å². The first-order valence-corrected chi connectivity index (χ1v) is 4.50. The number of nitrogens with zero attached hydrogens (tertiary/aromatic N) is 1. The number of hydrogen-bond acceptors (Lipinski definition) is 3. The van der Waals surface area contributed by atoms with Crippen molar-refractivity contribution in [3.8, 4) is 0 Å². The Morgan fingerprint density at radius 3 is 2.42 bits per heavy atom. The lowest BCUT2D eigenvalue weighted by Gasteiger charge is -2.25. The van der Waals surface area contributed by atoms with Crippen LogP contribution in [0.15, 0.2) is 0 Å². The summed E-state index contributed by atoms with van der Waals surface area (Å²) in [5, 5.41) is 8.85. The fraction of sp³-hybridized carbons (Fsp3) is 0.875. The van der Waals surface area contributed by atoms with Crippen LogP contribution in [0.2, 0.25) is 0 Å². The molecule has 0 aromatic carbocycles. The molecular weight excluding hydrogens is 172 g/mol. The Labute approximate surface area is 79.5 Å². The lowest BCUT2D eigenvalue weighted by Crippen LogP contribution is -2.38. The molecule has 0 fully saturated rings. The summed E-state index contributed by atoms with van der Waals surface area (Å²) >= 11 is 4.85. The SMILES string of the molecule is CC(CN(C)C(C)CO)C(N)=S. The molecule has 0 aliphatic carbocycles. The third-order valence-electron chi connectivity index (χ3n) is 2.06. The summed E-state index contributed by atoms with van der Waals surface area (Å²) in [6.07, 6.45) is 0. The Morgan fingerprint density at radius 2 is 2.08 bits per heavy atom. The Balaban J connectivity index is 3.83. The molecule has 0 rings (SSSR count). The van der Waals surface area contributed by atoms with Gasteiger partial charge in [-0.25, -0.2) is 0 Å². The fourth-order valence-corrected chi connectivity index (χ4v) is 0.916. The van der Waals surface area contributed by atoms with Gasteiger partial charge in [0.15, 0.2) is 0 Å². The van der Waals surface area contributed by atoms with Gasteiger partial charge in [0.2, 0.25) is 0 Å². The van der Waals surface area contributed by atoms with Gasteiger partial charge in [-0.1, -0.05) is 19.1 Å². The number of aliphatic hydroxyl groups excluding tert-OH is 1. The zero-order chi connectivity index (χ0) is 9.72. The first-order chi connectivity index (χ1) is 5.49. The molecule has 0 heterocycles. The van der Waals surface area contributed by atoms with Crippen LogP contribution in [0.3, 0.4) is 0 Å². The lowest BCUT2D eigenvalue weighted by atomic mass is 10.1. The molecule has 2 unspecified atom stereocenters. The second-order valence-corrected chi connectivity index (χ2v) is 3.75. The van der Waals surface area contributed by atoms with Crippen LogP contribution in [0.4, 0.5) is 0 Å². The zero-order valence-corrected chi connectivity index (χ0v) is 8.77. The van der Waals surface area contributed by atoms with Crippen LogP contribution >= 0.6 is 12.2 Å². The van der Waals surface area contributed by atoms with E-state index in [2.05, 4.69) is 0 Å². The third kappa shape index (κ3) is 3.99. The van der Waals surface area contributed by atoms with Crippen LogP contribution < -0.4 is 5.73 Å². The third-order valence-corrected chi connectivity index (χ3v) is 2.47. The van der Waals surface area contributed by atoms with Gasteiger partial charge in [-0.2, -0.15) is 0 Å². The number of likely N-dealkylation sites (N-methyl/N-ethyl adjacent to an activating group) is 1. The molecule has 3 nitrogen and oxygen atoms in total. The van der Waals surface area contributed by atoms with Crippen LogP contribution in [-0.2, 0) is 0 Å². The van der Waals surface area contributed by atoms with E-state index in [0.29, 0.717) is 4.99 Å². The quantitative estimate of drug-likeness (QED) is 0.609. The predicted molar refractivity (Wildman–Crippen MR) is 55.1 cm³/mol. The summed E-state index contributed by atoms with van der Waals surface area (Å²) in [6.45, 7) is 4.92. The van der Waals surface area contributed by atoms with Crippen molar-refractivity contribution in [3.63, 3.8) is 0 Å². The maximum absolute atomic E-state index is 8.85. The highest BCUT2D eigenvalue weighted by Crippen LogP contribution is 2.01. The molecule has 12 heavy (non-hydrogen) atoms. The van der Waals surface area contributed by atoms with Crippen molar-refractivity contribution in [2.75, 3.05) is 20.2 Å². The summed E-state index contributed by atoms with van der Waals surface area (Å²) in [5.41, 5.74) is 5.47. The largest absolute Gasteiger partial charge is 0.395 e. The van der Waals surface area contributed by atoms with Crippen molar-refractivity contribution in [3.05, 3.63) is 0 Å². The van der Waals surface area contributed by atoms with Crippen molar-refractivity contribution in [2.24, 2.45) is 11.7 Å². The summed E-state index contributed by atoms with van der Waals surface area (Å²) in [5.74, 6) is 0.207. The lowest BCUT2D eigenvalue weighted by molar-refractivity contribution is 0.153. The van der Waals surface area contributed by atoms with Crippen LogP contribution in [-0.4, -0.2) is 41.2 Å². The number of hydrogen-bond donors (Lipinski definition) is 2. The first kappa shape index (κ1) is 11.8. The molecule has 2 atom stereocenters. The van der Waals surface area contributed by atoms with Crippen molar-refractivity contribution in [1.29, 1.82) is 0 Å². The topological polar surface area (TPSA) is 49.5 Å². The molecule has 0 saturated carbocycles. The van der Waals surface area contributed by atoms with Crippen molar-refractivity contribution < 1.29 is 5.11 Å². The van der Waals surface area contributed by atoms with Gasteiger partial charge in [-0.05, 0) is 14.0 Å². The Morgan fingerprint density at radius 1 is 1.58 bits per heavy atom. The first-order valence-electron chi connectivity index (χ1n) is 4.09. The predicted octanol–water partition coefficient (Wildman–Crippen LogP) is 0.221. The molecule has 0 aliphatic heterocycles. The molecule has 3 N–H and O–H groups in total. The molecule has 0 bridgehead atoms. The van der Waals surface area contributed by atoms with Crippen molar-refractivity contribution in [2.45, 2.75) is 19.9 Å². The van der Waals surface area contributed by atoms with E-state index in [1.807, 2.05) is 25.8 Å². The van der Waals surface area contributed by atoms with Gasteiger partial charge in [-0.15, -0.1) is 0 Å². The molecule has 0 aromatic heterocycles. The minimum atomic E-state index is 0.167. The average Bonchev–Trinajstić information content (AvgIpc) is 2.02. The molecule has 72 valence electrons. The highest BCUT2D eigenvalue weighted by molar-refractivity contribution is 7.80. The summed E-state index contributed by atoms with van der Waals surface area (Å²) in [4.78, 5) is 2.58. The van der Waals surface area contributed by atoms with Crippen molar-refractivity contribution >= 4 is 17.2 Å².